The summed E-state index contributed by atoms with van der Waals surface area (Å²) in [5.74, 6) is 2.52. The average Bonchev–Trinajstić information content (AvgIpc) is 2.96. The molecule has 0 bridgehead atoms. The second kappa shape index (κ2) is 8.85. The fourth-order valence-electron chi connectivity index (χ4n) is 4.63. The van der Waals surface area contributed by atoms with Gasteiger partial charge in [-0.05, 0) is 62.8 Å². The van der Waals surface area contributed by atoms with Gasteiger partial charge in [0.15, 0.2) is 0 Å². The lowest BCUT2D eigenvalue weighted by molar-refractivity contribution is 0.410. The van der Waals surface area contributed by atoms with Crippen molar-refractivity contribution in [1.29, 1.82) is 0 Å². The third-order valence-corrected chi connectivity index (χ3v) is 7.24. The molecule has 3 rings (SSSR count). The quantitative estimate of drug-likeness (QED) is 0.446. The van der Waals surface area contributed by atoms with Crippen molar-refractivity contribution in [2.45, 2.75) is 64.3 Å². The van der Waals surface area contributed by atoms with Crippen LogP contribution in [0.25, 0.3) is 0 Å². The van der Waals surface area contributed by atoms with Crippen LogP contribution >= 0.6 is 0 Å². The molecule has 128 valence electrons. The molecule has 0 N–H and O–H groups in total. The molecule has 2 aliphatic rings. The first-order chi connectivity index (χ1) is 11.7. The lowest BCUT2D eigenvalue weighted by Crippen LogP contribution is -2.20. The maximum atomic E-state index is 4.19. The summed E-state index contributed by atoms with van der Waals surface area (Å²) in [5, 5.41) is 1.52. The summed E-state index contributed by atoms with van der Waals surface area (Å²) in [7, 11) is 0.949. The Morgan fingerprint density at radius 2 is 1.88 bits per heavy atom. The molecule has 1 heteroatoms. The Hall–Kier alpha value is -1.08. The number of hydrogen-bond donors (Lipinski definition) is 0. The molecule has 0 aliphatic heterocycles. The van der Waals surface area contributed by atoms with Gasteiger partial charge in [0.1, 0.15) is 0 Å². The Morgan fingerprint density at radius 3 is 2.58 bits per heavy atom. The summed E-state index contributed by atoms with van der Waals surface area (Å²) < 4.78 is 0. The summed E-state index contributed by atoms with van der Waals surface area (Å²) in [5.41, 5.74) is 3.17. The lowest BCUT2D eigenvalue weighted by Gasteiger charge is -2.24. The molecule has 0 saturated heterocycles. The smallest absolute Gasteiger partial charge is 0.0814 e. The fraction of sp³-hybridized carbons (Fsp3) is 0.565. The van der Waals surface area contributed by atoms with Gasteiger partial charge in [-0.1, -0.05) is 72.0 Å². The Kier molecular flexibility index (Phi) is 6.54. The molecule has 1 aromatic rings. The van der Waals surface area contributed by atoms with Gasteiger partial charge in [0.05, 0.1) is 9.52 Å². The minimum Gasteiger partial charge on any atom is -0.100 e. The molecule has 0 nitrogen and oxygen atoms in total. The maximum absolute atomic E-state index is 4.19. The van der Waals surface area contributed by atoms with E-state index in [2.05, 4.69) is 49.9 Å². The van der Waals surface area contributed by atoms with E-state index in [1.54, 1.807) is 5.57 Å². The van der Waals surface area contributed by atoms with Crippen molar-refractivity contribution in [2.24, 2.45) is 17.8 Å². The van der Waals surface area contributed by atoms with E-state index in [9.17, 15) is 0 Å². The molecule has 2 saturated carbocycles. The predicted molar refractivity (Wildman–Crippen MR) is 107 cm³/mol. The lowest BCUT2D eigenvalue weighted by atomic mass is 9.84. The van der Waals surface area contributed by atoms with Crippen molar-refractivity contribution in [3.05, 3.63) is 54.1 Å². The molecule has 0 heterocycles. The van der Waals surface area contributed by atoms with E-state index >= 15 is 0 Å². The average molecular weight is 337 g/mol. The van der Waals surface area contributed by atoms with Gasteiger partial charge in [0.25, 0.3) is 0 Å². The van der Waals surface area contributed by atoms with Crippen LogP contribution in [-0.4, -0.2) is 9.52 Å². The summed E-state index contributed by atoms with van der Waals surface area (Å²) in [6.07, 6.45) is 13.9. The Bertz CT molecular complexity index is 551. The van der Waals surface area contributed by atoms with Gasteiger partial charge in [-0.25, -0.2) is 0 Å². The first kappa shape index (κ1) is 17.7. The molecule has 2 atom stereocenters. The van der Waals surface area contributed by atoms with E-state index in [0.29, 0.717) is 0 Å². The number of benzene rings is 1. The van der Waals surface area contributed by atoms with E-state index in [-0.39, 0.29) is 0 Å². The summed E-state index contributed by atoms with van der Waals surface area (Å²) in [6, 6.07) is 12.4. The minimum atomic E-state index is 0.808. The highest BCUT2D eigenvalue weighted by molar-refractivity contribution is 6.53. The van der Waals surface area contributed by atoms with E-state index in [1.807, 2.05) is 0 Å². The Morgan fingerprint density at radius 1 is 1.12 bits per heavy atom. The summed E-state index contributed by atoms with van der Waals surface area (Å²) in [4.78, 5) is 0. The van der Waals surface area contributed by atoms with Crippen LogP contribution in [0, 0.1) is 17.8 Å². The van der Waals surface area contributed by atoms with Crippen molar-refractivity contribution in [2.75, 3.05) is 0 Å². The highest BCUT2D eigenvalue weighted by Gasteiger charge is 2.31. The molecular formula is C23H32Si. The van der Waals surface area contributed by atoms with Crippen LogP contribution in [0.3, 0.4) is 0 Å². The van der Waals surface area contributed by atoms with Crippen molar-refractivity contribution in [3.63, 3.8) is 0 Å². The maximum Gasteiger partial charge on any atom is 0.0814 e. The van der Waals surface area contributed by atoms with E-state index in [1.165, 1.54) is 68.2 Å². The predicted octanol–water partition coefficient (Wildman–Crippen LogP) is 5.93. The van der Waals surface area contributed by atoms with Gasteiger partial charge in [-0.15, -0.1) is 6.58 Å². The standard InChI is InChI=1S/C23H32Si/c1-18(2)15-20-13-14-21(16-19-9-5-3-6-10-19)23(20)17-24-22-11-7-4-8-12-22/h4,7-8,11-12,16,19-20,23H,1,3,5-6,9-10,13-15,17H2,2H3/b21-16+/t20-,23-/m0/s1. The van der Waals surface area contributed by atoms with Gasteiger partial charge in [0, 0.05) is 0 Å². The Balaban J connectivity index is 1.69. The van der Waals surface area contributed by atoms with Crippen LogP contribution < -0.4 is 5.19 Å². The van der Waals surface area contributed by atoms with Crippen LogP contribution in [0.15, 0.2) is 54.1 Å². The monoisotopic (exact) mass is 336 g/mol. The third-order valence-electron chi connectivity index (χ3n) is 5.86. The SMILES string of the molecule is C=C(C)C[C@@H]1CC/C(=C\C2CCCCC2)[C@H]1C[Si]c1ccccc1. The topological polar surface area (TPSA) is 0 Å². The highest BCUT2D eigenvalue weighted by Crippen LogP contribution is 2.43. The molecule has 0 spiro atoms. The number of rotatable bonds is 6. The van der Waals surface area contributed by atoms with Crippen molar-refractivity contribution < 1.29 is 0 Å². The Labute approximate surface area is 151 Å². The zero-order valence-electron chi connectivity index (χ0n) is 15.3. The molecule has 0 unspecified atom stereocenters. The zero-order chi connectivity index (χ0) is 16.8. The number of allylic oxidation sites excluding steroid dienone is 3. The number of hydrogen-bond acceptors (Lipinski definition) is 0. The largest absolute Gasteiger partial charge is 0.100 e. The van der Waals surface area contributed by atoms with Crippen molar-refractivity contribution >= 4 is 14.7 Å². The summed E-state index contributed by atoms with van der Waals surface area (Å²) >= 11 is 0. The van der Waals surface area contributed by atoms with Crippen LogP contribution in [0.2, 0.25) is 6.04 Å². The second-order valence-electron chi connectivity index (χ2n) is 7.95. The van der Waals surface area contributed by atoms with Crippen molar-refractivity contribution in [3.8, 4) is 0 Å². The van der Waals surface area contributed by atoms with Crippen LogP contribution in [0.5, 0.6) is 0 Å². The molecule has 2 aliphatic carbocycles. The zero-order valence-corrected chi connectivity index (χ0v) is 16.3. The normalized spacial score (nSPS) is 26.8. The molecular weight excluding hydrogens is 304 g/mol. The fourth-order valence-corrected chi connectivity index (χ4v) is 6.10. The summed E-state index contributed by atoms with van der Waals surface area (Å²) in [6.45, 7) is 6.40. The van der Waals surface area contributed by atoms with Gasteiger partial charge in [-0.3, -0.25) is 0 Å². The van der Waals surface area contributed by atoms with Crippen LogP contribution in [-0.2, 0) is 0 Å². The van der Waals surface area contributed by atoms with E-state index in [4.69, 9.17) is 0 Å². The molecule has 2 radical (unpaired) electrons. The third kappa shape index (κ3) is 4.96. The first-order valence-corrected chi connectivity index (χ1v) is 11.1. The van der Waals surface area contributed by atoms with Gasteiger partial charge in [-0.2, -0.15) is 0 Å². The van der Waals surface area contributed by atoms with Gasteiger partial charge < -0.3 is 0 Å². The molecule has 24 heavy (non-hydrogen) atoms. The first-order valence-electron chi connectivity index (χ1n) is 9.86. The molecule has 0 amide bonds. The minimum absolute atomic E-state index is 0.808. The molecule has 0 aromatic heterocycles. The van der Waals surface area contributed by atoms with Crippen LogP contribution in [0.1, 0.15) is 58.3 Å². The van der Waals surface area contributed by atoms with Crippen molar-refractivity contribution in [1.82, 2.24) is 0 Å². The molecule has 2 fully saturated rings. The van der Waals surface area contributed by atoms with Gasteiger partial charge in [0.2, 0.25) is 0 Å². The van der Waals surface area contributed by atoms with E-state index < -0.39 is 0 Å². The molecule has 1 aromatic carbocycles. The highest BCUT2D eigenvalue weighted by atomic mass is 28.2. The van der Waals surface area contributed by atoms with Gasteiger partial charge >= 0.3 is 0 Å². The van der Waals surface area contributed by atoms with E-state index in [0.717, 1.165) is 27.3 Å². The second-order valence-corrected chi connectivity index (χ2v) is 9.29. The van der Waals surface area contributed by atoms with Crippen LogP contribution in [0.4, 0.5) is 0 Å².